The first kappa shape index (κ1) is 25.1. The zero-order chi connectivity index (χ0) is 20.5. The summed E-state index contributed by atoms with van der Waals surface area (Å²) in [5.74, 6) is 3.85. The van der Waals surface area contributed by atoms with Crippen molar-refractivity contribution in [1.82, 2.24) is 20.2 Å². The van der Waals surface area contributed by atoms with E-state index in [4.69, 9.17) is 14.5 Å². The smallest absolute Gasteiger partial charge is 0.192 e. The molecule has 0 radical (unpaired) electrons. The van der Waals surface area contributed by atoms with E-state index in [-0.39, 0.29) is 30.0 Å². The second-order valence-corrected chi connectivity index (χ2v) is 7.06. The maximum absolute atomic E-state index is 5.51. The van der Waals surface area contributed by atoms with Crippen LogP contribution in [0.5, 0.6) is 11.5 Å². The number of guanidine groups is 1. The van der Waals surface area contributed by atoms with Gasteiger partial charge in [-0.3, -0.25) is 0 Å². The minimum absolute atomic E-state index is 0. The molecule has 1 aromatic carbocycles. The third-order valence-electron chi connectivity index (χ3n) is 4.34. The van der Waals surface area contributed by atoms with Crippen molar-refractivity contribution in [2.24, 2.45) is 10.9 Å². The van der Waals surface area contributed by atoms with E-state index in [9.17, 15) is 0 Å². The monoisotopic (exact) mass is 515 g/mol. The third-order valence-corrected chi connectivity index (χ3v) is 4.34. The quantitative estimate of drug-likeness (QED) is 0.300. The Bertz CT molecular complexity index is 776. The van der Waals surface area contributed by atoms with Gasteiger partial charge in [-0.1, -0.05) is 13.8 Å². The second-order valence-electron chi connectivity index (χ2n) is 7.06. The number of aromatic nitrogens is 2. The molecule has 0 saturated heterocycles. The van der Waals surface area contributed by atoms with Crippen molar-refractivity contribution in [1.29, 1.82) is 0 Å². The van der Waals surface area contributed by atoms with Gasteiger partial charge in [0.25, 0.3) is 0 Å². The van der Waals surface area contributed by atoms with E-state index in [0.29, 0.717) is 12.5 Å². The molecule has 8 heteroatoms. The van der Waals surface area contributed by atoms with Gasteiger partial charge in [0.2, 0.25) is 0 Å². The Morgan fingerprint density at radius 2 is 1.97 bits per heavy atom. The second kappa shape index (κ2) is 12.6. The SMILES string of the molecule is CCNC(=NCc1nccn1CC(C)C)NC(C)c1cc(OC)ccc1OC.I. The van der Waals surface area contributed by atoms with Crippen molar-refractivity contribution in [2.45, 2.75) is 46.8 Å². The number of hydrogen-bond donors (Lipinski definition) is 2. The molecule has 1 aromatic heterocycles. The van der Waals surface area contributed by atoms with Gasteiger partial charge in [-0.2, -0.15) is 0 Å². The van der Waals surface area contributed by atoms with E-state index < -0.39 is 0 Å². The summed E-state index contributed by atoms with van der Waals surface area (Å²) < 4.78 is 13.0. The number of hydrogen-bond acceptors (Lipinski definition) is 4. The molecule has 0 bridgehead atoms. The van der Waals surface area contributed by atoms with Crippen molar-refractivity contribution >= 4 is 29.9 Å². The Balaban J connectivity index is 0.00000420. The Labute approximate surface area is 191 Å². The van der Waals surface area contributed by atoms with E-state index in [1.807, 2.05) is 37.5 Å². The summed E-state index contributed by atoms with van der Waals surface area (Å²) in [6, 6.07) is 5.77. The van der Waals surface area contributed by atoms with Gasteiger partial charge in [-0.15, -0.1) is 24.0 Å². The Morgan fingerprint density at radius 1 is 1.21 bits per heavy atom. The van der Waals surface area contributed by atoms with Crippen LogP contribution in [-0.2, 0) is 13.1 Å². The molecule has 7 nitrogen and oxygen atoms in total. The fraction of sp³-hybridized carbons (Fsp3) is 0.524. The Hall–Kier alpha value is -1.97. The fourth-order valence-electron chi connectivity index (χ4n) is 2.98. The van der Waals surface area contributed by atoms with Crippen LogP contribution in [0, 0.1) is 5.92 Å². The summed E-state index contributed by atoms with van der Waals surface area (Å²) in [5.41, 5.74) is 1.01. The predicted molar refractivity (Wildman–Crippen MR) is 128 cm³/mol. The number of methoxy groups -OCH3 is 2. The molecule has 0 aliphatic rings. The van der Waals surface area contributed by atoms with Crippen LogP contribution in [0.15, 0.2) is 35.6 Å². The summed E-state index contributed by atoms with van der Waals surface area (Å²) >= 11 is 0. The highest BCUT2D eigenvalue weighted by Crippen LogP contribution is 2.29. The molecule has 0 spiro atoms. The molecule has 0 aliphatic heterocycles. The highest BCUT2D eigenvalue weighted by atomic mass is 127. The highest BCUT2D eigenvalue weighted by molar-refractivity contribution is 14.0. The molecule has 1 heterocycles. The van der Waals surface area contributed by atoms with Crippen LogP contribution in [0.2, 0.25) is 0 Å². The molecular formula is C21H34IN5O2. The largest absolute Gasteiger partial charge is 0.497 e. The summed E-state index contributed by atoms with van der Waals surface area (Å²) in [4.78, 5) is 9.18. The van der Waals surface area contributed by atoms with Crippen molar-refractivity contribution in [3.63, 3.8) is 0 Å². The summed E-state index contributed by atoms with van der Waals surface area (Å²) in [6.07, 6.45) is 3.84. The fourth-order valence-corrected chi connectivity index (χ4v) is 2.98. The van der Waals surface area contributed by atoms with E-state index >= 15 is 0 Å². The van der Waals surface area contributed by atoms with E-state index in [1.54, 1.807) is 14.2 Å². The molecule has 0 amide bonds. The lowest BCUT2D eigenvalue weighted by atomic mass is 10.1. The maximum Gasteiger partial charge on any atom is 0.192 e. The van der Waals surface area contributed by atoms with Gasteiger partial charge >= 0.3 is 0 Å². The zero-order valence-electron chi connectivity index (χ0n) is 18.2. The van der Waals surface area contributed by atoms with E-state index in [1.165, 1.54) is 0 Å². The van der Waals surface area contributed by atoms with E-state index in [2.05, 4.69) is 41.0 Å². The molecule has 162 valence electrons. The van der Waals surface area contributed by atoms with Crippen LogP contribution < -0.4 is 20.1 Å². The van der Waals surface area contributed by atoms with Gasteiger partial charge in [0, 0.05) is 31.0 Å². The van der Waals surface area contributed by atoms with Crippen LogP contribution in [-0.4, -0.2) is 36.3 Å². The van der Waals surface area contributed by atoms with Gasteiger partial charge in [-0.05, 0) is 38.0 Å². The third kappa shape index (κ3) is 7.41. The minimum Gasteiger partial charge on any atom is -0.497 e. The lowest BCUT2D eigenvalue weighted by Gasteiger charge is -2.21. The van der Waals surface area contributed by atoms with Crippen molar-refractivity contribution in [2.75, 3.05) is 20.8 Å². The van der Waals surface area contributed by atoms with Crippen LogP contribution in [0.3, 0.4) is 0 Å². The molecule has 2 rings (SSSR count). The van der Waals surface area contributed by atoms with Crippen molar-refractivity contribution < 1.29 is 9.47 Å². The first-order valence-corrected chi connectivity index (χ1v) is 9.75. The van der Waals surface area contributed by atoms with Gasteiger partial charge < -0.3 is 24.7 Å². The van der Waals surface area contributed by atoms with Gasteiger partial charge in [0.05, 0.1) is 20.3 Å². The van der Waals surface area contributed by atoms with Crippen LogP contribution in [0.1, 0.15) is 45.1 Å². The maximum atomic E-state index is 5.51. The molecule has 0 fully saturated rings. The predicted octanol–water partition coefficient (Wildman–Crippen LogP) is 3.99. The standard InChI is InChI=1S/C21H33N5O2.HI/c1-7-22-21(24-13-20-23-10-11-26(20)14-15(2)3)25-16(4)18-12-17(27-5)8-9-19(18)28-6;/h8-12,15-16H,7,13-14H2,1-6H3,(H2,22,24,25);1H. The van der Waals surface area contributed by atoms with Crippen LogP contribution >= 0.6 is 24.0 Å². The molecule has 2 N–H and O–H groups in total. The number of rotatable bonds is 9. The molecule has 29 heavy (non-hydrogen) atoms. The lowest BCUT2D eigenvalue weighted by Crippen LogP contribution is -2.38. The number of nitrogens with zero attached hydrogens (tertiary/aromatic N) is 3. The molecule has 0 saturated carbocycles. The van der Waals surface area contributed by atoms with Crippen LogP contribution in [0.25, 0.3) is 0 Å². The van der Waals surface area contributed by atoms with Gasteiger partial charge in [0.15, 0.2) is 5.96 Å². The molecular weight excluding hydrogens is 481 g/mol. The number of nitrogens with one attached hydrogen (secondary N) is 2. The number of aliphatic imine (C=N–C) groups is 1. The normalized spacial score (nSPS) is 12.3. The lowest BCUT2D eigenvalue weighted by molar-refractivity contribution is 0.394. The highest BCUT2D eigenvalue weighted by Gasteiger charge is 2.14. The average Bonchev–Trinajstić information content (AvgIpc) is 3.11. The molecule has 1 atom stereocenters. The number of ether oxygens (including phenoxy) is 2. The first-order valence-electron chi connectivity index (χ1n) is 9.75. The van der Waals surface area contributed by atoms with Gasteiger partial charge in [-0.25, -0.2) is 9.98 Å². The van der Waals surface area contributed by atoms with Crippen molar-refractivity contribution in [3.05, 3.63) is 42.0 Å². The number of benzene rings is 1. The van der Waals surface area contributed by atoms with Crippen molar-refractivity contribution in [3.8, 4) is 11.5 Å². The topological polar surface area (TPSA) is 72.7 Å². The van der Waals surface area contributed by atoms with E-state index in [0.717, 1.165) is 41.9 Å². The zero-order valence-corrected chi connectivity index (χ0v) is 20.6. The number of halogens is 1. The van der Waals surface area contributed by atoms with Gasteiger partial charge in [0.1, 0.15) is 23.9 Å². The minimum atomic E-state index is -0.0155. The molecule has 2 aromatic rings. The van der Waals surface area contributed by atoms with Crippen LogP contribution in [0.4, 0.5) is 0 Å². The number of imidazole rings is 1. The average molecular weight is 515 g/mol. The summed E-state index contributed by atoms with van der Waals surface area (Å²) in [7, 11) is 3.33. The Morgan fingerprint density at radius 3 is 2.59 bits per heavy atom. The summed E-state index contributed by atoms with van der Waals surface area (Å²) in [6.45, 7) is 10.7. The molecule has 0 aliphatic carbocycles. The molecule has 1 unspecified atom stereocenters. The first-order chi connectivity index (χ1) is 13.5. The summed E-state index contributed by atoms with van der Waals surface area (Å²) in [5, 5.41) is 6.75. The Kier molecular flexibility index (Phi) is 10.9.